The van der Waals surface area contributed by atoms with Gasteiger partial charge in [0.2, 0.25) is 0 Å². The molecule has 3 rings (SSSR count). The smallest absolute Gasteiger partial charge is 0.258 e. The van der Waals surface area contributed by atoms with Crippen molar-refractivity contribution in [2.45, 2.75) is 19.3 Å². The van der Waals surface area contributed by atoms with E-state index < -0.39 is 0 Å². The number of carbonyl (C=O) groups is 1. The molecule has 0 bridgehead atoms. The lowest BCUT2D eigenvalue weighted by molar-refractivity contribution is 0.0922. The monoisotopic (exact) mass is 283 g/mol. The minimum atomic E-state index is -0.342. The van der Waals surface area contributed by atoms with E-state index in [1.165, 1.54) is 4.57 Å². The Morgan fingerprint density at radius 3 is 2.86 bits per heavy atom. The fourth-order valence-electron chi connectivity index (χ4n) is 2.89. The van der Waals surface area contributed by atoms with Crippen LogP contribution in [0.2, 0.25) is 0 Å². The van der Waals surface area contributed by atoms with Crippen LogP contribution in [-0.4, -0.2) is 15.5 Å². The predicted octanol–water partition coefficient (Wildman–Crippen LogP) is 2.96. The minimum absolute atomic E-state index is 0.105. The third-order valence-corrected chi connectivity index (χ3v) is 4.08. The number of hydrogen-bond acceptors (Lipinski definition) is 3. The van der Waals surface area contributed by atoms with Crippen molar-refractivity contribution in [3.05, 3.63) is 58.2 Å². The summed E-state index contributed by atoms with van der Waals surface area (Å²) >= 11 is 0. The highest BCUT2D eigenvalue weighted by Gasteiger charge is 2.24. The molecule has 0 saturated carbocycles. The van der Waals surface area contributed by atoms with Crippen LogP contribution >= 0.6 is 0 Å². The van der Waals surface area contributed by atoms with E-state index in [-0.39, 0.29) is 23.0 Å². The van der Waals surface area contributed by atoms with Gasteiger partial charge in [0.25, 0.3) is 5.56 Å². The second-order valence-electron chi connectivity index (χ2n) is 5.50. The van der Waals surface area contributed by atoms with Gasteiger partial charge in [-0.15, -0.1) is 0 Å². The lowest BCUT2D eigenvalue weighted by Gasteiger charge is -2.18. The van der Waals surface area contributed by atoms with Gasteiger partial charge in [0.15, 0.2) is 5.78 Å². The van der Waals surface area contributed by atoms with Crippen molar-refractivity contribution in [1.29, 1.82) is 0 Å². The number of aliphatic hydroxyl groups excluding tert-OH is 1. The number of pyridine rings is 1. The summed E-state index contributed by atoms with van der Waals surface area (Å²) in [6.45, 7) is 0. The molecular weight excluding hydrogens is 266 g/mol. The van der Waals surface area contributed by atoms with Crippen LogP contribution in [0.25, 0.3) is 10.8 Å². The molecule has 0 spiro atoms. The standard InChI is InChI=1S/C17H17NO3/c1-18-15(16(20)12-6-4-7-13(19)9-12)10-11-5-2-3-8-14(11)17(18)21/h2-3,5,8-10,12,19H,4,6-7H2,1H3. The van der Waals surface area contributed by atoms with Gasteiger partial charge in [0.1, 0.15) is 0 Å². The number of fused-ring (bicyclic) bond motifs is 1. The molecular formula is C17H17NO3. The Balaban J connectivity index is 2.12. The molecule has 1 aliphatic rings. The molecule has 108 valence electrons. The second-order valence-corrected chi connectivity index (χ2v) is 5.50. The Hall–Kier alpha value is -2.36. The third kappa shape index (κ3) is 2.37. The van der Waals surface area contributed by atoms with Gasteiger partial charge in [0.05, 0.1) is 11.5 Å². The molecule has 0 fully saturated rings. The number of allylic oxidation sites excluding steroid dienone is 2. The first-order chi connectivity index (χ1) is 10.1. The molecule has 0 radical (unpaired) electrons. The Bertz CT molecular complexity index is 801. The molecule has 1 aromatic carbocycles. The number of ketones is 1. The van der Waals surface area contributed by atoms with Crippen LogP contribution in [0.5, 0.6) is 0 Å². The van der Waals surface area contributed by atoms with Crippen molar-refractivity contribution < 1.29 is 9.90 Å². The molecule has 1 heterocycles. The fourth-order valence-corrected chi connectivity index (χ4v) is 2.89. The second kappa shape index (κ2) is 5.20. The summed E-state index contributed by atoms with van der Waals surface area (Å²) < 4.78 is 1.41. The zero-order chi connectivity index (χ0) is 15.0. The average molecular weight is 283 g/mol. The summed E-state index contributed by atoms with van der Waals surface area (Å²) in [6.07, 6.45) is 3.75. The highest BCUT2D eigenvalue weighted by molar-refractivity contribution is 6.00. The van der Waals surface area contributed by atoms with E-state index in [1.54, 1.807) is 25.3 Å². The molecule has 21 heavy (non-hydrogen) atoms. The first-order valence-electron chi connectivity index (χ1n) is 7.10. The summed E-state index contributed by atoms with van der Waals surface area (Å²) in [5.74, 6) is -0.178. The Morgan fingerprint density at radius 2 is 2.10 bits per heavy atom. The van der Waals surface area contributed by atoms with Crippen molar-refractivity contribution in [1.82, 2.24) is 4.57 Å². The number of rotatable bonds is 2. The lowest BCUT2D eigenvalue weighted by atomic mass is 9.89. The number of benzene rings is 1. The van der Waals surface area contributed by atoms with Crippen LogP contribution in [0.4, 0.5) is 0 Å². The quantitative estimate of drug-likeness (QED) is 0.862. The zero-order valence-electron chi connectivity index (χ0n) is 11.9. The highest BCUT2D eigenvalue weighted by atomic mass is 16.3. The third-order valence-electron chi connectivity index (χ3n) is 4.08. The molecule has 1 unspecified atom stereocenters. The average Bonchev–Trinajstić information content (AvgIpc) is 2.50. The molecule has 1 aliphatic carbocycles. The number of aliphatic hydroxyl groups is 1. The van der Waals surface area contributed by atoms with E-state index in [2.05, 4.69) is 0 Å². The van der Waals surface area contributed by atoms with Crippen molar-refractivity contribution in [3.8, 4) is 0 Å². The maximum Gasteiger partial charge on any atom is 0.258 e. The topological polar surface area (TPSA) is 59.3 Å². The number of carbonyl (C=O) groups excluding carboxylic acids is 1. The highest BCUT2D eigenvalue weighted by Crippen LogP contribution is 2.25. The largest absolute Gasteiger partial charge is 0.513 e. The molecule has 0 amide bonds. The summed E-state index contributed by atoms with van der Waals surface area (Å²) in [5.41, 5.74) is 0.232. The molecule has 4 nitrogen and oxygen atoms in total. The lowest BCUT2D eigenvalue weighted by Crippen LogP contribution is -2.27. The van der Waals surface area contributed by atoms with Crippen LogP contribution in [0.1, 0.15) is 29.8 Å². The van der Waals surface area contributed by atoms with Gasteiger partial charge in [0, 0.05) is 24.8 Å². The van der Waals surface area contributed by atoms with Crippen LogP contribution in [-0.2, 0) is 7.05 Å². The number of aromatic nitrogens is 1. The van der Waals surface area contributed by atoms with Crippen molar-refractivity contribution in [3.63, 3.8) is 0 Å². The van der Waals surface area contributed by atoms with Crippen molar-refractivity contribution >= 4 is 16.6 Å². The van der Waals surface area contributed by atoms with E-state index in [1.807, 2.05) is 18.2 Å². The molecule has 0 saturated heterocycles. The summed E-state index contributed by atoms with van der Waals surface area (Å²) in [6, 6.07) is 9.02. The van der Waals surface area contributed by atoms with E-state index in [0.29, 0.717) is 23.9 Å². The summed E-state index contributed by atoms with van der Waals surface area (Å²) in [5, 5.41) is 11.0. The number of Topliss-reactive ketones (excluding diaryl/α,β-unsaturated/α-hetero) is 1. The van der Waals surface area contributed by atoms with Gasteiger partial charge >= 0.3 is 0 Å². The van der Waals surface area contributed by atoms with E-state index in [4.69, 9.17) is 0 Å². The fraction of sp³-hybridized carbons (Fsp3) is 0.294. The minimum Gasteiger partial charge on any atom is -0.513 e. The van der Waals surface area contributed by atoms with Crippen LogP contribution in [0.3, 0.4) is 0 Å². The summed E-state index contributed by atoms with van der Waals surface area (Å²) in [4.78, 5) is 25.0. The first kappa shape index (κ1) is 13.6. The molecule has 1 N–H and O–H groups in total. The van der Waals surface area contributed by atoms with Gasteiger partial charge < -0.3 is 9.67 Å². The summed E-state index contributed by atoms with van der Waals surface area (Å²) in [7, 11) is 1.62. The molecule has 2 aromatic rings. The number of hydrogen-bond donors (Lipinski definition) is 1. The van der Waals surface area contributed by atoms with E-state index >= 15 is 0 Å². The van der Waals surface area contributed by atoms with Gasteiger partial charge in [-0.2, -0.15) is 0 Å². The SMILES string of the molecule is Cn1c(C(=O)C2C=C(O)CCC2)cc2ccccc2c1=O. The molecule has 1 aromatic heterocycles. The van der Waals surface area contributed by atoms with E-state index in [9.17, 15) is 14.7 Å². The van der Waals surface area contributed by atoms with Crippen LogP contribution in [0, 0.1) is 5.92 Å². The van der Waals surface area contributed by atoms with Gasteiger partial charge in [-0.25, -0.2) is 0 Å². The predicted molar refractivity (Wildman–Crippen MR) is 81.6 cm³/mol. The van der Waals surface area contributed by atoms with Gasteiger partial charge in [-0.05, 0) is 36.4 Å². The van der Waals surface area contributed by atoms with Gasteiger partial charge in [-0.3, -0.25) is 9.59 Å². The van der Waals surface area contributed by atoms with Gasteiger partial charge in [-0.1, -0.05) is 18.2 Å². The van der Waals surface area contributed by atoms with Crippen molar-refractivity contribution in [2.75, 3.05) is 0 Å². The molecule has 0 aliphatic heterocycles. The maximum absolute atomic E-state index is 12.6. The molecule has 4 heteroatoms. The normalized spacial score (nSPS) is 18.5. The van der Waals surface area contributed by atoms with Crippen molar-refractivity contribution in [2.24, 2.45) is 13.0 Å². The van der Waals surface area contributed by atoms with Crippen LogP contribution < -0.4 is 5.56 Å². The first-order valence-corrected chi connectivity index (χ1v) is 7.10. The Morgan fingerprint density at radius 1 is 1.33 bits per heavy atom. The zero-order valence-corrected chi connectivity index (χ0v) is 11.9. The maximum atomic E-state index is 12.6. The van der Waals surface area contributed by atoms with E-state index in [0.717, 1.165) is 11.8 Å². The Labute approximate surface area is 122 Å². The number of nitrogens with zero attached hydrogens (tertiary/aromatic N) is 1. The van der Waals surface area contributed by atoms with Crippen LogP contribution in [0.15, 0.2) is 47.0 Å². The molecule has 1 atom stereocenters. The Kier molecular flexibility index (Phi) is 3.37.